The fourth-order valence-corrected chi connectivity index (χ4v) is 0.808. The molecular weight excluding hydrogens is 155 g/mol. The minimum absolute atomic E-state index is 0.280. The van der Waals surface area contributed by atoms with E-state index in [4.69, 9.17) is 4.74 Å². The molecule has 0 saturated carbocycles. The van der Waals surface area contributed by atoms with Crippen LogP contribution in [0.4, 0.5) is 4.39 Å². The van der Waals surface area contributed by atoms with E-state index in [0.29, 0.717) is 12.4 Å². The Morgan fingerprint density at radius 2 is 2.33 bits per heavy atom. The summed E-state index contributed by atoms with van der Waals surface area (Å²) < 4.78 is 17.7. The van der Waals surface area contributed by atoms with Gasteiger partial charge in [0.2, 0.25) is 0 Å². The van der Waals surface area contributed by atoms with E-state index in [9.17, 15) is 4.39 Å². The van der Waals surface area contributed by atoms with E-state index in [1.165, 1.54) is 12.1 Å². The highest BCUT2D eigenvalue weighted by Gasteiger charge is 1.93. The van der Waals surface area contributed by atoms with Crippen molar-refractivity contribution in [2.75, 3.05) is 6.61 Å². The van der Waals surface area contributed by atoms with Crippen LogP contribution < -0.4 is 4.74 Å². The predicted molar refractivity (Wildman–Crippen MR) is 45.6 cm³/mol. The fourth-order valence-electron chi connectivity index (χ4n) is 0.808. The van der Waals surface area contributed by atoms with Crippen LogP contribution in [-0.2, 0) is 0 Å². The first kappa shape index (κ1) is 9.04. The van der Waals surface area contributed by atoms with Crippen molar-refractivity contribution >= 4 is 0 Å². The van der Waals surface area contributed by atoms with E-state index in [1.54, 1.807) is 6.07 Å². The van der Waals surface area contributed by atoms with E-state index in [1.807, 2.05) is 0 Å². The van der Waals surface area contributed by atoms with Gasteiger partial charge in [0.05, 0.1) is 6.61 Å². The Hall–Kier alpha value is -1.05. The number of unbranched alkanes of at least 4 members (excludes halogenated alkanes) is 1. The number of benzene rings is 1. The van der Waals surface area contributed by atoms with E-state index in [0.717, 1.165) is 12.8 Å². The number of rotatable bonds is 4. The SMILES string of the molecule is CCCCOc1[c]cc(F)cc1. The van der Waals surface area contributed by atoms with Gasteiger partial charge in [0, 0.05) is 6.07 Å². The van der Waals surface area contributed by atoms with Gasteiger partial charge in [0.15, 0.2) is 0 Å². The van der Waals surface area contributed by atoms with Gasteiger partial charge < -0.3 is 4.74 Å². The monoisotopic (exact) mass is 167 g/mol. The Morgan fingerprint density at radius 1 is 1.50 bits per heavy atom. The summed E-state index contributed by atoms with van der Waals surface area (Å²) in [4.78, 5) is 0. The maximum Gasteiger partial charge on any atom is 0.127 e. The number of halogens is 1. The first-order chi connectivity index (χ1) is 5.83. The molecule has 0 amide bonds. The van der Waals surface area contributed by atoms with Gasteiger partial charge in [-0.3, -0.25) is 0 Å². The van der Waals surface area contributed by atoms with Crippen LogP contribution in [-0.4, -0.2) is 6.61 Å². The molecule has 0 aliphatic rings. The van der Waals surface area contributed by atoms with E-state index in [-0.39, 0.29) is 5.82 Å². The van der Waals surface area contributed by atoms with Crippen molar-refractivity contribution in [3.63, 3.8) is 0 Å². The Labute approximate surface area is 72.2 Å². The van der Waals surface area contributed by atoms with Crippen LogP contribution >= 0.6 is 0 Å². The topological polar surface area (TPSA) is 9.23 Å². The van der Waals surface area contributed by atoms with Crippen LogP contribution in [0.3, 0.4) is 0 Å². The number of ether oxygens (including phenoxy) is 1. The zero-order chi connectivity index (χ0) is 8.81. The van der Waals surface area contributed by atoms with E-state index < -0.39 is 0 Å². The highest BCUT2D eigenvalue weighted by molar-refractivity contribution is 5.20. The molecule has 0 saturated heterocycles. The van der Waals surface area contributed by atoms with Gasteiger partial charge in [0.25, 0.3) is 0 Å². The molecule has 0 atom stereocenters. The van der Waals surface area contributed by atoms with Gasteiger partial charge in [-0.2, -0.15) is 0 Å². The number of hydrogen-bond donors (Lipinski definition) is 0. The van der Waals surface area contributed by atoms with Crippen molar-refractivity contribution in [2.24, 2.45) is 0 Å². The first-order valence-electron chi connectivity index (χ1n) is 4.13. The summed E-state index contributed by atoms with van der Waals surface area (Å²) in [6.07, 6.45) is 2.12. The predicted octanol–water partition coefficient (Wildman–Crippen LogP) is 2.80. The molecule has 1 radical (unpaired) electrons. The van der Waals surface area contributed by atoms with Gasteiger partial charge in [0.1, 0.15) is 11.6 Å². The molecule has 2 heteroatoms. The normalized spacial score (nSPS) is 9.83. The highest BCUT2D eigenvalue weighted by atomic mass is 19.1. The van der Waals surface area contributed by atoms with Crippen LogP contribution in [0.15, 0.2) is 18.2 Å². The van der Waals surface area contributed by atoms with Crippen LogP contribution in [0.5, 0.6) is 5.75 Å². The Balaban J connectivity index is 2.37. The second kappa shape index (κ2) is 4.75. The summed E-state index contributed by atoms with van der Waals surface area (Å²) in [5.74, 6) is 0.336. The lowest BCUT2D eigenvalue weighted by molar-refractivity contribution is 0.308. The number of hydrogen-bond acceptors (Lipinski definition) is 1. The van der Waals surface area contributed by atoms with Gasteiger partial charge >= 0.3 is 0 Å². The maximum atomic E-state index is 12.4. The molecule has 1 aromatic rings. The summed E-state index contributed by atoms with van der Waals surface area (Å²) in [5.41, 5.74) is 0. The van der Waals surface area contributed by atoms with Crippen molar-refractivity contribution in [2.45, 2.75) is 19.8 Å². The van der Waals surface area contributed by atoms with Crippen LogP contribution in [0, 0.1) is 11.9 Å². The Bertz CT molecular complexity index is 218. The molecule has 0 spiro atoms. The van der Waals surface area contributed by atoms with Crippen molar-refractivity contribution in [1.29, 1.82) is 0 Å². The minimum atomic E-state index is -0.280. The molecule has 1 aromatic carbocycles. The molecule has 0 heterocycles. The van der Waals surface area contributed by atoms with Gasteiger partial charge in [-0.1, -0.05) is 13.3 Å². The summed E-state index contributed by atoms with van der Waals surface area (Å²) in [5, 5.41) is 0. The third kappa shape index (κ3) is 2.91. The smallest absolute Gasteiger partial charge is 0.127 e. The second-order valence-corrected chi connectivity index (χ2v) is 2.57. The third-order valence-corrected chi connectivity index (χ3v) is 1.50. The standard InChI is InChI=1S/C10H12FO/c1-2-3-8-12-10-6-4-9(11)5-7-10/h4-6H,2-3,8H2,1H3. The van der Waals surface area contributed by atoms with Gasteiger partial charge in [-0.25, -0.2) is 4.39 Å². The summed E-state index contributed by atoms with van der Waals surface area (Å²) in [7, 11) is 0. The molecule has 1 nitrogen and oxygen atoms in total. The van der Waals surface area contributed by atoms with E-state index >= 15 is 0 Å². The van der Waals surface area contributed by atoms with E-state index in [2.05, 4.69) is 13.0 Å². The van der Waals surface area contributed by atoms with Crippen molar-refractivity contribution in [1.82, 2.24) is 0 Å². The quantitative estimate of drug-likeness (QED) is 0.626. The molecule has 12 heavy (non-hydrogen) atoms. The zero-order valence-electron chi connectivity index (χ0n) is 7.14. The molecule has 0 fully saturated rings. The summed E-state index contributed by atoms with van der Waals surface area (Å²) in [6.45, 7) is 2.77. The summed E-state index contributed by atoms with van der Waals surface area (Å²) >= 11 is 0. The van der Waals surface area contributed by atoms with Crippen LogP contribution in [0.25, 0.3) is 0 Å². The average Bonchev–Trinajstić information content (AvgIpc) is 2.09. The minimum Gasteiger partial charge on any atom is -0.493 e. The molecule has 0 aliphatic carbocycles. The molecule has 65 valence electrons. The van der Waals surface area contributed by atoms with Crippen molar-refractivity contribution in [3.05, 3.63) is 30.1 Å². The van der Waals surface area contributed by atoms with Crippen LogP contribution in [0.1, 0.15) is 19.8 Å². The molecule has 0 aromatic heterocycles. The second-order valence-electron chi connectivity index (χ2n) is 2.57. The zero-order valence-corrected chi connectivity index (χ0v) is 7.14. The largest absolute Gasteiger partial charge is 0.493 e. The molecule has 0 aliphatic heterocycles. The lowest BCUT2D eigenvalue weighted by atomic mass is 10.3. The lowest BCUT2D eigenvalue weighted by Crippen LogP contribution is -1.96. The van der Waals surface area contributed by atoms with Gasteiger partial charge in [-0.15, -0.1) is 0 Å². The molecule has 0 bridgehead atoms. The Morgan fingerprint density at radius 3 is 2.92 bits per heavy atom. The molecular formula is C10H12FO. The third-order valence-electron chi connectivity index (χ3n) is 1.50. The molecule has 1 rings (SSSR count). The Kier molecular flexibility index (Phi) is 3.58. The average molecular weight is 167 g/mol. The lowest BCUT2D eigenvalue weighted by Gasteiger charge is -2.03. The first-order valence-corrected chi connectivity index (χ1v) is 4.13. The highest BCUT2D eigenvalue weighted by Crippen LogP contribution is 2.10. The molecule has 0 N–H and O–H groups in total. The van der Waals surface area contributed by atoms with Gasteiger partial charge in [-0.05, 0) is 24.6 Å². The molecule has 0 unspecified atom stereocenters. The fraction of sp³-hybridized carbons (Fsp3) is 0.400. The maximum absolute atomic E-state index is 12.4. The van der Waals surface area contributed by atoms with Crippen molar-refractivity contribution < 1.29 is 9.13 Å². The summed E-state index contributed by atoms with van der Waals surface area (Å²) in [6, 6.07) is 6.94. The van der Waals surface area contributed by atoms with Crippen molar-refractivity contribution in [3.8, 4) is 5.75 Å². The van der Waals surface area contributed by atoms with Crippen LogP contribution in [0.2, 0.25) is 0 Å².